The number of carbonyl (C=O) groups is 3. The molecule has 1 aromatic carbocycles. The normalized spacial score (nSPS) is 31.9. The van der Waals surface area contributed by atoms with Crippen molar-refractivity contribution in [2.45, 2.75) is 69.7 Å². The maximum absolute atomic E-state index is 12.8. The molecule has 3 amide bonds. The fourth-order valence-corrected chi connectivity index (χ4v) is 5.77. The second kappa shape index (κ2) is 7.22. The highest BCUT2D eigenvalue weighted by molar-refractivity contribution is 6.05. The van der Waals surface area contributed by atoms with Crippen molar-refractivity contribution >= 4 is 17.7 Å². The maximum atomic E-state index is 12.8. The topological polar surface area (TPSA) is 95.7 Å². The molecule has 0 aromatic heterocycles. The van der Waals surface area contributed by atoms with Crippen LogP contribution in [0.4, 0.5) is 0 Å². The molecule has 154 valence electrons. The summed E-state index contributed by atoms with van der Waals surface area (Å²) < 4.78 is 0. The van der Waals surface area contributed by atoms with E-state index in [9.17, 15) is 14.4 Å². The molecular weight excluding hydrogens is 368 g/mol. The van der Waals surface area contributed by atoms with Crippen LogP contribution < -0.4 is 11.1 Å². The lowest BCUT2D eigenvalue weighted by atomic mass is 9.90. The summed E-state index contributed by atoms with van der Waals surface area (Å²) >= 11 is 0. The minimum atomic E-state index is -0.554. The first kappa shape index (κ1) is 18.8. The van der Waals surface area contributed by atoms with E-state index in [0.29, 0.717) is 36.5 Å². The van der Waals surface area contributed by atoms with Gasteiger partial charge in [0.05, 0.1) is 0 Å². The van der Waals surface area contributed by atoms with E-state index in [1.807, 2.05) is 6.07 Å². The summed E-state index contributed by atoms with van der Waals surface area (Å²) in [5, 5.41) is 2.36. The van der Waals surface area contributed by atoms with Crippen LogP contribution >= 0.6 is 0 Å². The number of amides is 3. The number of rotatable bonds is 4. The number of fused-ring (bicyclic) bond motifs is 3. The standard InChI is InChI=1S/C22H28N4O3/c23-10-14-8-16-2-3-17(9-14)25(16)11-13-1-4-18-15(7-13)12-26(22(18)29)19-5-6-20(27)24-21(19)28/h1,4,7,14,16-17,19H,2-3,5-6,8-12,23H2,(H,24,27,28). The number of nitrogens with zero attached hydrogens (tertiary/aromatic N) is 2. The molecular formula is C22H28N4O3. The van der Waals surface area contributed by atoms with E-state index < -0.39 is 6.04 Å². The summed E-state index contributed by atoms with van der Waals surface area (Å²) in [5.41, 5.74) is 8.82. The van der Waals surface area contributed by atoms with Gasteiger partial charge in [-0.05, 0) is 61.8 Å². The number of hydrogen-bond donors (Lipinski definition) is 2. The summed E-state index contributed by atoms with van der Waals surface area (Å²) in [6.07, 6.45) is 5.58. The Balaban J connectivity index is 1.30. The molecule has 0 aliphatic carbocycles. The van der Waals surface area contributed by atoms with Crippen LogP contribution in [0.1, 0.15) is 60.0 Å². The first-order valence-electron chi connectivity index (χ1n) is 10.8. The molecule has 5 rings (SSSR count). The van der Waals surface area contributed by atoms with Crippen LogP contribution in [0, 0.1) is 5.92 Å². The predicted octanol–water partition coefficient (Wildman–Crippen LogP) is 1.15. The number of nitrogens with one attached hydrogen (secondary N) is 1. The van der Waals surface area contributed by atoms with Crippen LogP contribution in [-0.4, -0.2) is 52.2 Å². The van der Waals surface area contributed by atoms with Gasteiger partial charge >= 0.3 is 0 Å². The minimum Gasteiger partial charge on any atom is -0.330 e. The van der Waals surface area contributed by atoms with Crippen LogP contribution in [0.5, 0.6) is 0 Å². The zero-order chi connectivity index (χ0) is 20.1. The lowest BCUT2D eigenvalue weighted by Crippen LogP contribution is -2.52. The van der Waals surface area contributed by atoms with Gasteiger partial charge in [0.2, 0.25) is 11.8 Å². The molecule has 7 nitrogen and oxygen atoms in total. The van der Waals surface area contributed by atoms with Crippen molar-refractivity contribution in [1.82, 2.24) is 15.1 Å². The van der Waals surface area contributed by atoms with Crippen molar-refractivity contribution in [3.63, 3.8) is 0 Å². The quantitative estimate of drug-likeness (QED) is 0.745. The molecule has 4 aliphatic rings. The van der Waals surface area contributed by atoms with Crippen molar-refractivity contribution in [3.8, 4) is 0 Å². The van der Waals surface area contributed by atoms with E-state index in [2.05, 4.69) is 22.3 Å². The molecule has 3 fully saturated rings. The molecule has 2 bridgehead atoms. The van der Waals surface area contributed by atoms with Crippen LogP contribution in [-0.2, 0) is 22.7 Å². The fourth-order valence-electron chi connectivity index (χ4n) is 5.77. The van der Waals surface area contributed by atoms with E-state index in [4.69, 9.17) is 5.73 Å². The van der Waals surface area contributed by atoms with E-state index >= 15 is 0 Å². The Morgan fingerprint density at radius 3 is 2.52 bits per heavy atom. The van der Waals surface area contributed by atoms with E-state index in [1.165, 1.54) is 31.2 Å². The molecule has 29 heavy (non-hydrogen) atoms. The third-order valence-electron chi connectivity index (χ3n) is 7.27. The Morgan fingerprint density at radius 1 is 1.07 bits per heavy atom. The zero-order valence-electron chi connectivity index (χ0n) is 16.6. The van der Waals surface area contributed by atoms with Gasteiger partial charge in [0, 0.05) is 37.2 Å². The minimum absolute atomic E-state index is 0.107. The van der Waals surface area contributed by atoms with Gasteiger partial charge in [0.1, 0.15) is 6.04 Å². The van der Waals surface area contributed by atoms with Crippen LogP contribution in [0.25, 0.3) is 0 Å². The maximum Gasteiger partial charge on any atom is 0.255 e. The SMILES string of the molecule is NCC1CC2CCC(C1)N2Cc1ccc2c(c1)CN(C1CCC(=O)NC1=O)C2=O. The Kier molecular flexibility index (Phi) is 4.67. The highest BCUT2D eigenvalue weighted by Gasteiger charge is 2.41. The van der Waals surface area contributed by atoms with Crippen LogP contribution in [0.2, 0.25) is 0 Å². The number of imide groups is 1. The molecule has 0 saturated carbocycles. The van der Waals surface area contributed by atoms with Crippen molar-refractivity contribution in [2.75, 3.05) is 6.54 Å². The summed E-state index contributed by atoms with van der Waals surface area (Å²) in [6, 6.07) is 6.79. The molecule has 3 unspecified atom stereocenters. The first-order valence-corrected chi connectivity index (χ1v) is 10.8. The Morgan fingerprint density at radius 2 is 1.83 bits per heavy atom. The molecule has 4 aliphatic heterocycles. The molecule has 0 spiro atoms. The molecule has 3 N–H and O–H groups in total. The molecule has 4 heterocycles. The van der Waals surface area contributed by atoms with Gasteiger partial charge in [0.15, 0.2) is 0 Å². The van der Waals surface area contributed by atoms with Crippen LogP contribution in [0.3, 0.4) is 0 Å². The first-order chi connectivity index (χ1) is 14.0. The predicted molar refractivity (Wildman–Crippen MR) is 107 cm³/mol. The number of nitrogens with two attached hydrogens (primary N) is 1. The molecule has 3 atom stereocenters. The molecule has 1 aromatic rings. The second-order valence-corrected chi connectivity index (χ2v) is 9.02. The zero-order valence-corrected chi connectivity index (χ0v) is 16.6. The number of piperidine rings is 2. The second-order valence-electron chi connectivity index (χ2n) is 9.02. The summed E-state index contributed by atoms with van der Waals surface area (Å²) in [5.74, 6) is -0.0685. The van der Waals surface area contributed by atoms with E-state index in [1.54, 1.807) is 4.90 Å². The van der Waals surface area contributed by atoms with Crippen molar-refractivity contribution in [2.24, 2.45) is 11.7 Å². The summed E-state index contributed by atoms with van der Waals surface area (Å²) in [6.45, 7) is 2.14. The van der Waals surface area contributed by atoms with Gasteiger partial charge in [-0.15, -0.1) is 0 Å². The Bertz CT molecular complexity index is 856. The average molecular weight is 396 g/mol. The molecule has 7 heteroatoms. The van der Waals surface area contributed by atoms with Gasteiger partial charge in [0.25, 0.3) is 5.91 Å². The largest absolute Gasteiger partial charge is 0.330 e. The van der Waals surface area contributed by atoms with Crippen LogP contribution in [0.15, 0.2) is 18.2 Å². The number of hydrogen-bond acceptors (Lipinski definition) is 5. The summed E-state index contributed by atoms with van der Waals surface area (Å²) in [7, 11) is 0. The monoisotopic (exact) mass is 396 g/mol. The van der Waals surface area contributed by atoms with E-state index in [0.717, 1.165) is 18.7 Å². The Labute approximate surface area is 170 Å². The van der Waals surface area contributed by atoms with Gasteiger partial charge in [-0.3, -0.25) is 24.6 Å². The average Bonchev–Trinajstić information content (AvgIpc) is 3.13. The Hall–Kier alpha value is -2.25. The smallest absolute Gasteiger partial charge is 0.255 e. The number of benzene rings is 1. The van der Waals surface area contributed by atoms with Gasteiger partial charge in [-0.2, -0.15) is 0 Å². The molecule has 0 radical (unpaired) electrons. The van der Waals surface area contributed by atoms with Crippen molar-refractivity contribution in [1.29, 1.82) is 0 Å². The fraction of sp³-hybridized carbons (Fsp3) is 0.591. The van der Waals surface area contributed by atoms with E-state index in [-0.39, 0.29) is 24.1 Å². The number of carbonyl (C=O) groups excluding carboxylic acids is 3. The lowest BCUT2D eigenvalue weighted by Gasteiger charge is -2.38. The molecule has 3 saturated heterocycles. The highest BCUT2D eigenvalue weighted by atomic mass is 16.2. The van der Waals surface area contributed by atoms with Crippen molar-refractivity contribution < 1.29 is 14.4 Å². The summed E-state index contributed by atoms with van der Waals surface area (Å²) in [4.78, 5) is 40.7. The lowest BCUT2D eigenvalue weighted by molar-refractivity contribution is -0.136. The van der Waals surface area contributed by atoms with Gasteiger partial charge < -0.3 is 10.6 Å². The highest BCUT2D eigenvalue weighted by Crippen LogP contribution is 2.39. The third kappa shape index (κ3) is 3.26. The van der Waals surface area contributed by atoms with Gasteiger partial charge in [-0.1, -0.05) is 12.1 Å². The van der Waals surface area contributed by atoms with Crippen molar-refractivity contribution in [3.05, 3.63) is 34.9 Å². The third-order valence-corrected chi connectivity index (χ3v) is 7.27. The van der Waals surface area contributed by atoms with Gasteiger partial charge in [-0.25, -0.2) is 0 Å².